The van der Waals surface area contributed by atoms with Crippen molar-refractivity contribution in [2.24, 2.45) is 10.9 Å². The fourth-order valence-corrected chi connectivity index (χ4v) is 3.68. The number of aryl methyl sites for hydroxylation is 1. The first-order valence-corrected chi connectivity index (χ1v) is 8.47. The average molecular weight is 269 g/mol. The van der Waals surface area contributed by atoms with Crippen LogP contribution < -0.4 is 0 Å². The van der Waals surface area contributed by atoms with Crippen molar-refractivity contribution in [1.29, 1.82) is 0 Å². The lowest BCUT2D eigenvalue weighted by molar-refractivity contribution is 0.430. The molecule has 3 rings (SSSR count). The summed E-state index contributed by atoms with van der Waals surface area (Å²) in [7, 11) is 0. The third-order valence-corrected chi connectivity index (χ3v) is 4.95. The standard InChI is InChI=1S/C19H27N/c1-15-9-11-17-14-16-7-5-3-2-4-6-8-18(12-10-16)20-19(17)13-15/h9,11,13,16H,2-8,10,12,14H2,1H3. The number of rotatable bonds is 0. The molecule has 1 unspecified atom stereocenters. The van der Waals surface area contributed by atoms with Crippen molar-refractivity contribution in [1.82, 2.24) is 0 Å². The van der Waals surface area contributed by atoms with Crippen LogP contribution in [0.5, 0.6) is 0 Å². The van der Waals surface area contributed by atoms with Gasteiger partial charge in [0.05, 0.1) is 5.69 Å². The number of hydrogen-bond acceptors (Lipinski definition) is 1. The fraction of sp³-hybridized carbons (Fsp3) is 0.632. The smallest absolute Gasteiger partial charge is 0.0663 e. The molecular weight excluding hydrogens is 242 g/mol. The van der Waals surface area contributed by atoms with Crippen molar-refractivity contribution < 1.29 is 0 Å². The Morgan fingerprint density at radius 2 is 1.80 bits per heavy atom. The largest absolute Gasteiger partial charge is 0.258 e. The molecule has 1 nitrogen and oxygen atoms in total. The summed E-state index contributed by atoms with van der Waals surface area (Å²) in [6.45, 7) is 2.18. The first-order chi connectivity index (χ1) is 9.81. The number of hydrogen-bond donors (Lipinski definition) is 0. The quantitative estimate of drug-likeness (QED) is 0.567. The second-order valence-corrected chi connectivity index (χ2v) is 6.73. The first-order valence-electron chi connectivity index (χ1n) is 8.47. The molecule has 1 fully saturated rings. The molecule has 108 valence electrons. The molecule has 2 aliphatic rings. The van der Waals surface area contributed by atoms with E-state index in [4.69, 9.17) is 4.99 Å². The van der Waals surface area contributed by atoms with Gasteiger partial charge >= 0.3 is 0 Å². The molecule has 1 aromatic carbocycles. The van der Waals surface area contributed by atoms with Crippen LogP contribution in [0, 0.1) is 12.8 Å². The van der Waals surface area contributed by atoms with Crippen LogP contribution in [0.15, 0.2) is 23.2 Å². The zero-order chi connectivity index (χ0) is 13.8. The van der Waals surface area contributed by atoms with Crippen molar-refractivity contribution in [2.75, 3.05) is 0 Å². The molecule has 0 amide bonds. The van der Waals surface area contributed by atoms with Crippen molar-refractivity contribution in [3.8, 4) is 0 Å². The molecule has 0 radical (unpaired) electrons. The van der Waals surface area contributed by atoms with Gasteiger partial charge in [-0.3, -0.25) is 4.99 Å². The minimum Gasteiger partial charge on any atom is -0.258 e. The van der Waals surface area contributed by atoms with Crippen LogP contribution >= 0.6 is 0 Å². The summed E-state index contributed by atoms with van der Waals surface area (Å²) < 4.78 is 0. The summed E-state index contributed by atoms with van der Waals surface area (Å²) in [5.41, 5.74) is 5.55. The van der Waals surface area contributed by atoms with Gasteiger partial charge in [-0.2, -0.15) is 0 Å². The number of benzene rings is 1. The zero-order valence-corrected chi connectivity index (χ0v) is 12.8. The summed E-state index contributed by atoms with van der Waals surface area (Å²) in [4.78, 5) is 5.04. The molecule has 1 saturated carbocycles. The van der Waals surface area contributed by atoms with Gasteiger partial charge in [0.25, 0.3) is 0 Å². The van der Waals surface area contributed by atoms with Gasteiger partial charge < -0.3 is 0 Å². The highest BCUT2D eigenvalue weighted by atomic mass is 14.8. The Hall–Kier alpha value is -1.11. The first kappa shape index (κ1) is 13.9. The second kappa shape index (κ2) is 6.56. The maximum atomic E-state index is 5.04. The molecular formula is C19H27N. The van der Waals surface area contributed by atoms with Gasteiger partial charge in [0.15, 0.2) is 0 Å². The zero-order valence-electron chi connectivity index (χ0n) is 12.8. The minimum absolute atomic E-state index is 0.875. The lowest BCUT2D eigenvalue weighted by Gasteiger charge is -2.21. The molecule has 20 heavy (non-hydrogen) atoms. The Labute approximate surface area is 123 Å². The third-order valence-electron chi connectivity index (χ3n) is 4.95. The van der Waals surface area contributed by atoms with Crippen molar-refractivity contribution in [3.05, 3.63) is 29.3 Å². The van der Waals surface area contributed by atoms with Crippen LogP contribution in [-0.2, 0) is 6.42 Å². The molecule has 1 aliphatic heterocycles. The van der Waals surface area contributed by atoms with Gasteiger partial charge in [-0.1, -0.05) is 44.2 Å². The molecule has 2 bridgehead atoms. The number of nitrogens with zero attached hydrogens (tertiary/aromatic N) is 1. The van der Waals surface area contributed by atoms with Crippen LogP contribution in [0.25, 0.3) is 0 Å². The predicted molar refractivity (Wildman–Crippen MR) is 87.0 cm³/mol. The SMILES string of the molecule is Cc1ccc2c(c1)N=C1CCCCCCCC(CC1)C2. The Bertz CT molecular complexity index is 487. The van der Waals surface area contributed by atoms with Gasteiger partial charge in [0.2, 0.25) is 0 Å². The number of aliphatic imine (C=N–C) groups is 1. The van der Waals surface area contributed by atoms with E-state index in [9.17, 15) is 0 Å². The van der Waals surface area contributed by atoms with E-state index in [1.807, 2.05) is 0 Å². The monoisotopic (exact) mass is 269 g/mol. The van der Waals surface area contributed by atoms with Crippen molar-refractivity contribution >= 4 is 11.4 Å². The summed E-state index contributed by atoms with van der Waals surface area (Å²) in [5.74, 6) is 0.875. The Kier molecular flexibility index (Phi) is 4.54. The van der Waals surface area contributed by atoms with Crippen molar-refractivity contribution in [2.45, 2.75) is 71.1 Å². The average Bonchev–Trinajstić information content (AvgIpc) is 2.45. The van der Waals surface area contributed by atoms with Gasteiger partial charge in [-0.05, 0) is 62.1 Å². The predicted octanol–water partition coefficient (Wildman–Crippen LogP) is 5.76. The van der Waals surface area contributed by atoms with E-state index in [1.54, 1.807) is 0 Å². The topological polar surface area (TPSA) is 12.4 Å². The van der Waals surface area contributed by atoms with Crippen LogP contribution in [0.3, 0.4) is 0 Å². The van der Waals surface area contributed by atoms with E-state index in [0.717, 1.165) is 5.92 Å². The highest BCUT2D eigenvalue weighted by Gasteiger charge is 2.17. The van der Waals surface area contributed by atoms with E-state index in [1.165, 1.54) is 86.7 Å². The Morgan fingerprint density at radius 1 is 0.950 bits per heavy atom. The lowest BCUT2D eigenvalue weighted by atomic mass is 9.87. The molecule has 1 aliphatic carbocycles. The van der Waals surface area contributed by atoms with E-state index in [0.29, 0.717) is 0 Å². The van der Waals surface area contributed by atoms with Crippen LogP contribution in [0.2, 0.25) is 0 Å². The highest BCUT2D eigenvalue weighted by Crippen LogP contribution is 2.32. The molecule has 0 saturated heterocycles. The molecule has 1 atom stereocenters. The van der Waals surface area contributed by atoms with Crippen LogP contribution in [0.4, 0.5) is 5.69 Å². The Balaban J connectivity index is 1.93. The van der Waals surface area contributed by atoms with Crippen LogP contribution in [-0.4, -0.2) is 5.71 Å². The second-order valence-electron chi connectivity index (χ2n) is 6.73. The summed E-state index contributed by atoms with van der Waals surface area (Å²) in [6.07, 6.45) is 13.5. The molecule has 0 spiro atoms. The third kappa shape index (κ3) is 3.50. The summed E-state index contributed by atoms with van der Waals surface area (Å²) in [6, 6.07) is 6.87. The Morgan fingerprint density at radius 3 is 2.75 bits per heavy atom. The van der Waals surface area contributed by atoms with Crippen LogP contribution in [0.1, 0.15) is 68.9 Å². The molecule has 1 heteroatoms. The normalized spacial score (nSPS) is 24.1. The summed E-state index contributed by atoms with van der Waals surface area (Å²) >= 11 is 0. The molecule has 0 N–H and O–H groups in total. The van der Waals surface area contributed by atoms with E-state index >= 15 is 0 Å². The highest BCUT2D eigenvalue weighted by molar-refractivity contribution is 5.87. The maximum absolute atomic E-state index is 5.04. The van der Waals surface area contributed by atoms with Gasteiger partial charge in [0.1, 0.15) is 0 Å². The lowest BCUT2D eigenvalue weighted by Crippen LogP contribution is -2.11. The minimum atomic E-state index is 0.875. The summed E-state index contributed by atoms with van der Waals surface area (Å²) in [5, 5.41) is 0. The van der Waals surface area contributed by atoms with E-state index < -0.39 is 0 Å². The number of fused-ring (bicyclic) bond motifs is 4. The van der Waals surface area contributed by atoms with E-state index in [2.05, 4.69) is 25.1 Å². The van der Waals surface area contributed by atoms with E-state index in [-0.39, 0.29) is 0 Å². The van der Waals surface area contributed by atoms with Gasteiger partial charge in [0, 0.05) is 5.71 Å². The molecule has 0 aromatic heterocycles. The maximum Gasteiger partial charge on any atom is 0.0663 e. The van der Waals surface area contributed by atoms with Gasteiger partial charge in [-0.15, -0.1) is 0 Å². The fourth-order valence-electron chi connectivity index (χ4n) is 3.68. The van der Waals surface area contributed by atoms with Gasteiger partial charge in [-0.25, -0.2) is 0 Å². The van der Waals surface area contributed by atoms with Crippen molar-refractivity contribution in [3.63, 3.8) is 0 Å². The molecule has 1 aromatic rings. The molecule has 1 heterocycles.